The molecule has 5 heteroatoms. The van der Waals surface area contributed by atoms with Gasteiger partial charge in [0, 0.05) is 30.9 Å². The van der Waals surface area contributed by atoms with Gasteiger partial charge in [0.05, 0.1) is 0 Å². The fraction of sp³-hybridized carbons (Fsp3) is 0.944. The average Bonchev–Trinajstić information content (AvgIpc) is 2.65. The van der Waals surface area contributed by atoms with Crippen molar-refractivity contribution in [2.45, 2.75) is 78.0 Å². The number of nitrogens with one attached hydrogen (secondary N) is 1. The van der Waals surface area contributed by atoms with Gasteiger partial charge in [0.25, 0.3) is 0 Å². The highest BCUT2D eigenvalue weighted by molar-refractivity contribution is 7.99. The Kier molecular flexibility index (Phi) is 6.28. The van der Waals surface area contributed by atoms with Crippen LogP contribution in [0, 0.1) is 5.41 Å². The number of carbonyl (C=O) groups is 1. The van der Waals surface area contributed by atoms with Crippen molar-refractivity contribution in [3.63, 3.8) is 0 Å². The summed E-state index contributed by atoms with van der Waals surface area (Å²) in [5.41, 5.74) is -0.0349. The zero-order chi connectivity index (χ0) is 17.1. The zero-order valence-electron chi connectivity index (χ0n) is 15.5. The number of hydrogen-bond acceptors (Lipinski definition) is 4. The fourth-order valence-corrected chi connectivity index (χ4v) is 4.89. The Morgan fingerprint density at radius 2 is 2.00 bits per heavy atom. The third-order valence-corrected chi connectivity index (χ3v) is 6.00. The van der Waals surface area contributed by atoms with Crippen LogP contribution in [0.25, 0.3) is 0 Å². The second-order valence-electron chi connectivity index (χ2n) is 8.63. The van der Waals surface area contributed by atoms with E-state index in [1.54, 1.807) is 0 Å². The highest BCUT2D eigenvalue weighted by Crippen LogP contribution is 2.34. The molecule has 23 heavy (non-hydrogen) atoms. The first-order chi connectivity index (χ1) is 10.7. The lowest BCUT2D eigenvalue weighted by Gasteiger charge is -2.41. The van der Waals surface area contributed by atoms with E-state index in [0.717, 1.165) is 32.4 Å². The van der Waals surface area contributed by atoms with Crippen LogP contribution < -0.4 is 5.32 Å². The van der Waals surface area contributed by atoms with Gasteiger partial charge in [-0.05, 0) is 57.6 Å². The van der Waals surface area contributed by atoms with Crippen LogP contribution in [-0.2, 0) is 4.74 Å². The molecule has 0 aliphatic carbocycles. The van der Waals surface area contributed by atoms with E-state index in [1.165, 1.54) is 17.9 Å². The third-order valence-electron chi connectivity index (χ3n) is 4.94. The molecule has 2 heterocycles. The molecule has 2 aliphatic rings. The van der Waals surface area contributed by atoms with Gasteiger partial charge < -0.3 is 15.0 Å². The van der Waals surface area contributed by atoms with Gasteiger partial charge in [-0.1, -0.05) is 13.8 Å². The molecule has 2 rings (SSSR count). The van der Waals surface area contributed by atoms with Crippen LogP contribution in [0.5, 0.6) is 0 Å². The minimum absolute atomic E-state index is 0.160. The van der Waals surface area contributed by atoms with Gasteiger partial charge in [-0.25, -0.2) is 4.79 Å². The molecule has 134 valence electrons. The fourth-order valence-electron chi connectivity index (χ4n) is 3.27. The van der Waals surface area contributed by atoms with Crippen LogP contribution in [0.4, 0.5) is 4.79 Å². The lowest BCUT2D eigenvalue weighted by molar-refractivity contribution is 0.0255. The molecule has 0 radical (unpaired) electrons. The molecular formula is C18H34N2O2S. The lowest BCUT2D eigenvalue weighted by atomic mass is 9.81. The minimum Gasteiger partial charge on any atom is -0.444 e. The first kappa shape index (κ1) is 18.9. The molecule has 0 spiro atoms. The Hall–Kier alpha value is -0.420. The number of ether oxygens (including phenoxy) is 1. The Morgan fingerprint density at radius 3 is 2.65 bits per heavy atom. The van der Waals surface area contributed by atoms with Crippen LogP contribution >= 0.6 is 11.8 Å². The molecule has 2 saturated heterocycles. The molecule has 0 aromatic heterocycles. The second kappa shape index (κ2) is 7.64. The lowest BCUT2D eigenvalue weighted by Crippen LogP contribution is -2.50. The maximum Gasteiger partial charge on any atom is 0.410 e. The summed E-state index contributed by atoms with van der Waals surface area (Å²) in [6.07, 6.45) is 4.35. The van der Waals surface area contributed by atoms with Crippen molar-refractivity contribution in [3.05, 3.63) is 0 Å². The van der Waals surface area contributed by atoms with Crippen molar-refractivity contribution in [3.8, 4) is 0 Å². The molecule has 2 fully saturated rings. The van der Waals surface area contributed by atoms with Crippen LogP contribution in [0.3, 0.4) is 0 Å². The molecule has 0 aromatic rings. The Bertz CT molecular complexity index is 406. The van der Waals surface area contributed by atoms with E-state index in [-0.39, 0.29) is 6.09 Å². The molecule has 1 amide bonds. The van der Waals surface area contributed by atoms with Crippen LogP contribution in [-0.4, -0.2) is 53.3 Å². The summed E-state index contributed by atoms with van der Waals surface area (Å²) >= 11 is 2.06. The molecule has 1 N–H and O–H groups in total. The van der Waals surface area contributed by atoms with Crippen molar-refractivity contribution in [2.75, 3.05) is 24.6 Å². The van der Waals surface area contributed by atoms with Crippen molar-refractivity contribution >= 4 is 17.9 Å². The molecule has 0 aromatic carbocycles. The number of rotatable bonds is 2. The van der Waals surface area contributed by atoms with E-state index in [4.69, 9.17) is 4.74 Å². The van der Waals surface area contributed by atoms with E-state index < -0.39 is 5.60 Å². The number of nitrogens with zero attached hydrogens (tertiary/aromatic N) is 1. The standard InChI is InChI=1S/C18H34N2O2S/c1-17(2,3)22-16(21)20-10-6-7-14(8-11-20)19-15-13-23-12-9-18(15,4)5/h14-15,19H,6-13H2,1-5H3. The SMILES string of the molecule is CC(C)(C)OC(=O)N1CCCC(NC2CSCCC2(C)C)CC1. The van der Waals surface area contributed by atoms with Crippen molar-refractivity contribution in [2.24, 2.45) is 5.41 Å². The van der Waals surface area contributed by atoms with E-state index in [1.807, 2.05) is 25.7 Å². The van der Waals surface area contributed by atoms with E-state index >= 15 is 0 Å². The highest BCUT2D eigenvalue weighted by atomic mass is 32.2. The number of thioether (sulfide) groups is 1. The van der Waals surface area contributed by atoms with Gasteiger partial charge in [-0.3, -0.25) is 0 Å². The average molecular weight is 343 g/mol. The summed E-state index contributed by atoms with van der Waals surface area (Å²) in [4.78, 5) is 14.1. The van der Waals surface area contributed by atoms with E-state index in [0.29, 0.717) is 17.5 Å². The first-order valence-electron chi connectivity index (χ1n) is 8.99. The predicted molar refractivity (Wildman–Crippen MR) is 98.1 cm³/mol. The van der Waals surface area contributed by atoms with Crippen LogP contribution in [0.1, 0.15) is 60.3 Å². The summed E-state index contributed by atoms with van der Waals surface area (Å²) < 4.78 is 5.51. The van der Waals surface area contributed by atoms with Crippen molar-refractivity contribution < 1.29 is 9.53 Å². The Labute approximate surface area is 146 Å². The number of amides is 1. The molecule has 2 atom stereocenters. The highest BCUT2D eigenvalue weighted by Gasteiger charge is 2.34. The minimum atomic E-state index is -0.412. The van der Waals surface area contributed by atoms with Crippen molar-refractivity contribution in [1.82, 2.24) is 10.2 Å². The maximum atomic E-state index is 12.2. The number of carbonyl (C=O) groups excluding carboxylic acids is 1. The monoisotopic (exact) mass is 342 g/mol. The van der Waals surface area contributed by atoms with Crippen molar-refractivity contribution in [1.29, 1.82) is 0 Å². The molecular weight excluding hydrogens is 308 g/mol. The van der Waals surface area contributed by atoms with Gasteiger partial charge in [-0.2, -0.15) is 11.8 Å². The Morgan fingerprint density at radius 1 is 1.26 bits per heavy atom. The molecule has 2 unspecified atom stereocenters. The number of hydrogen-bond donors (Lipinski definition) is 1. The summed E-state index contributed by atoms with van der Waals surface area (Å²) in [6.45, 7) is 12.2. The van der Waals surface area contributed by atoms with Gasteiger partial charge in [0.1, 0.15) is 5.60 Å². The zero-order valence-corrected chi connectivity index (χ0v) is 16.3. The molecule has 0 bridgehead atoms. The number of likely N-dealkylation sites (tertiary alicyclic amines) is 1. The summed E-state index contributed by atoms with van der Waals surface area (Å²) in [5.74, 6) is 2.49. The van der Waals surface area contributed by atoms with Gasteiger partial charge >= 0.3 is 6.09 Å². The molecule has 2 aliphatic heterocycles. The molecule has 0 saturated carbocycles. The van der Waals surface area contributed by atoms with Gasteiger partial charge in [-0.15, -0.1) is 0 Å². The maximum absolute atomic E-state index is 12.2. The summed E-state index contributed by atoms with van der Waals surface area (Å²) in [5, 5.41) is 3.90. The van der Waals surface area contributed by atoms with Crippen LogP contribution in [0.15, 0.2) is 0 Å². The topological polar surface area (TPSA) is 41.6 Å². The van der Waals surface area contributed by atoms with Gasteiger partial charge in [0.2, 0.25) is 0 Å². The van der Waals surface area contributed by atoms with Crippen LogP contribution in [0.2, 0.25) is 0 Å². The largest absolute Gasteiger partial charge is 0.444 e. The first-order valence-corrected chi connectivity index (χ1v) is 10.1. The molecule has 4 nitrogen and oxygen atoms in total. The Balaban J connectivity index is 1.85. The van der Waals surface area contributed by atoms with Gasteiger partial charge in [0.15, 0.2) is 0 Å². The smallest absolute Gasteiger partial charge is 0.410 e. The van der Waals surface area contributed by atoms with E-state index in [2.05, 4.69) is 30.9 Å². The summed E-state index contributed by atoms with van der Waals surface area (Å²) in [6, 6.07) is 1.10. The normalized spacial score (nSPS) is 29.0. The predicted octanol–water partition coefficient (Wildman–Crippen LogP) is 3.90. The third kappa shape index (κ3) is 5.86. The second-order valence-corrected chi connectivity index (χ2v) is 9.78. The quantitative estimate of drug-likeness (QED) is 0.826. The van der Waals surface area contributed by atoms with E-state index in [9.17, 15) is 4.79 Å². The summed E-state index contributed by atoms with van der Waals surface area (Å²) in [7, 11) is 0.